The maximum atomic E-state index is 13.5. The molecule has 1 aromatic heterocycles. The molecule has 0 unspecified atom stereocenters. The minimum atomic E-state index is -0.0674. The van der Waals surface area contributed by atoms with Crippen LogP contribution in [-0.4, -0.2) is 56.8 Å². The Hall–Kier alpha value is -2.51. The van der Waals surface area contributed by atoms with Gasteiger partial charge in [-0.25, -0.2) is 0 Å². The van der Waals surface area contributed by atoms with Gasteiger partial charge in [-0.15, -0.1) is 12.4 Å². The maximum absolute atomic E-state index is 13.5. The third-order valence-electron chi connectivity index (χ3n) is 5.75. The molecule has 2 saturated heterocycles. The summed E-state index contributed by atoms with van der Waals surface area (Å²) >= 11 is 0. The van der Waals surface area contributed by atoms with Gasteiger partial charge >= 0.3 is 0 Å². The van der Waals surface area contributed by atoms with Crippen LogP contribution in [0, 0.1) is 11.8 Å². The van der Waals surface area contributed by atoms with E-state index in [1.807, 2.05) is 29.2 Å². The average Bonchev–Trinajstić information content (AvgIpc) is 3.34. The molecule has 2 aromatic rings. The Balaban J connectivity index is 0.00000240. The highest BCUT2D eigenvalue weighted by Gasteiger charge is 2.47. The molecule has 156 valence electrons. The molecule has 0 saturated carbocycles. The van der Waals surface area contributed by atoms with Crippen LogP contribution in [0.15, 0.2) is 36.4 Å². The maximum Gasteiger partial charge on any atom is 0.259 e. The van der Waals surface area contributed by atoms with E-state index >= 15 is 0 Å². The first-order valence-corrected chi connectivity index (χ1v) is 9.41. The summed E-state index contributed by atoms with van der Waals surface area (Å²) in [5.74, 6) is 2.27. The van der Waals surface area contributed by atoms with Gasteiger partial charge in [0.1, 0.15) is 11.3 Å². The zero-order chi connectivity index (χ0) is 19.7. The van der Waals surface area contributed by atoms with Crippen molar-refractivity contribution in [1.29, 1.82) is 0 Å². The number of benzene rings is 1. The molecule has 3 atom stereocenters. The van der Waals surface area contributed by atoms with Crippen molar-refractivity contribution >= 4 is 18.3 Å². The molecule has 2 aliphatic rings. The lowest BCUT2D eigenvalue weighted by Crippen LogP contribution is -2.35. The summed E-state index contributed by atoms with van der Waals surface area (Å²) in [6.07, 6.45) is 0. The van der Waals surface area contributed by atoms with Gasteiger partial charge < -0.3 is 24.4 Å². The van der Waals surface area contributed by atoms with Gasteiger partial charge in [0.15, 0.2) is 0 Å². The first kappa shape index (κ1) is 21.2. The Morgan fingerprint density at radius 1 is 1.03 bits per heavy atom. The summed E-state index contributed by atoms with van der Waals surface area (Å²) in [5.41, 5.74) is 1.57. The van der Waals surface area contributed by atoms with Crippen LogP contribution in [0.4, 0.5) is 0 Å². The lowest BCUT2D eigenvalue weighted by Gasteiger charge is -2.29. The summed E-state index contributed by atoms with van der Waals surface area (Å²) in [5, 5.41) is 3.47. The number of methoxy groups -OCH3 is 3. The number of likely N-dealkylation sites (tertiary alicyclic amines) is 1. The zero-order valence-corrected chi connectivity index (χ0v) is 17.6. The molecule has 8 heteroatoms. The van der Waals surface area contributed by atoms with Gasteiger partial charge in [-0.1, -0.05) is 12.1 Å². The Morgan fingerprint density at radius 2 is 1.79 bits per heavy atom. The van der Waals surface area contributed by atoms with Gasteiger partial charge in [0.25, 0.3) is 5.91 Å². The normalized spacial score (nSPS) is 22.6. The first-order chi connectivity index (χ1) is 13.7. The van der Waals surface area contributed by atoms with E-state index in [0.29, 0.717) is 29.8 Å². The quantitative estimate of drug-likeness (QED) is 0.803. The van der Waals surface area contributed by atoms with E-state index < -0.39 is 0 Å². The van der Waals surface area contributed by atoms with Crippen LogP contribution in [-0.2, 0) is 0 Å². The van der Waals surface area contributed by atoms with Crippen LogP contribution in [0.2, 0.25) is 0 Å². The molecule has 7 nitrogen and oxygen atoms in total. The standard InChI is InChI=1S/C21H25N3O4.ClH/c1-26-15-6-4-13(5-7-15)19-17-11-22-10-14(17)12-24(19)21(25)16-8-9-18(27-2)23-20(16)28-3;/h4-9,14,17,19,22H,10-12H2,1-3H3;1H/t14-,17-,19-;/m0./s1. The van der Waals surface area contributed by atoms with Crippen molar-refractivity contribution in [2.24, 2.45) is 11.8 Å². The van der Waals surface area contributed by atoms with E-state index in [2.05, 4.69) is 10.3 Å². The SMILES string of the molecule is COc1ccc([C@H]2[C@H]3CNC[C@H]3CN2C(=O)c2ccc(OC)nc2OC)cc1.Cl. The monoisotopic (exact) mass is 419 g/mol. The summed E-state index contributed by atoms with van der Waals surface area (Å²) in [6.45, 7) is 2.55. The molecule has 0 bridgehead atoms. The van der Waals surface area contributed by atoms with E-state index in [1.54, 1.807) is 19.2 Å². The number of nitrogens with zero attached hydrogens (tertiary/aromatic N) is 2. The molecule has 1 N–H and O–H groups in total. The zero-order valence-electron chi connectivity index (χ0n) is 16.8. The number of carbonyl (C=O) groups excluding carboxylic acids is 1. The predicted octanol–water partition coefficient (Wildman–Crippen LogP) is 2.56. The van der Waals surface area contributed by atoms with Gasteiger partial charge in [-0.2, -0.15) is 4.98 Å². The molecule has 2 aliphatic heterocycles. The van der Waals surface area contributed by atoms with Gasteiger partial charge in [0.05, 0.1) is 27.4 Å². The first-order valence-electron chi connectivity index (χ1n) is 9.41. The molecular weight excluding hydrogens is 394 g/mol. The molecule has 4 rings (SSSR count). The fourth-order valence-electron chi connectivity index (χ4n) is 4.37. The Bertz CT molecular complexity index is 862. The highest BCUT2D eigenvalue weighted by Crippen LogP contribution is 2.44. The Morgan fingerprint density at radius 3 is 2.45 bits per heavy atom. The van der Waals surface area contributed by atoms with Crippen molar-refractivity contribution in [2.45, 2.75) is 6.04 Å². The minimum Gasteiger partial charge on any atom is -0.497 e. The number of nitrogens with one attached hydrogen (secondary N) is 1. The van der Waals surface area contributed by atoms with Gasteiger partial charge in [-0.05, 0) is 29.7 Å². The van der Waals surface area contributed by atoms with Crippen molar-refractivity contribution < 1.29 is 19.0 Å². The minimum absolute atomic E-state index is 0. The topological polar surface area (TPSA) is 72.9 Å². The van der Waals surface area contributed by atoms with Crippen molar-refractivity contribution in [3.05, 3.63) is 47.5 Å². The number of hydrogen-bond donors (Lipinski definition) is 1. The van der Waals surface area contributed by atoms with Crippen molar-refractivity contribution in [1.82, 2.24) is 15.2 Å². The highest BCUT2D eigenvalue weighted by molar-refractivity contribution is 5.97. The van der Waals surface area contributed by atoms with Crippen molar-refractivity contribution in [3.8, 4) is 17.5 Å². The molecule has 0 aliphatic carbocycles. The van der Waals surface area contributed by atoms with Gasteiger partial charge in [0.2, 0.25) is 11.8 Å². The number of fused-ring (bicyclic) bond motifs is 1. The lowest BCUT2D eigenvalue weighted by atomic mass is 9.89. The summed E-state index contributed by atoms with van der Waals surface area (Å²) in [7, 11) is 4.71. The van der Waals surface area contributed by atoms with Gasteiger partial charge in [0, 0.05) is 31.6 Å². The Kier molecular flexibility index (Phi) is 6.49. The van der Waals surface area contributed by atoms with E-state index in [9.17, 15) is 4.79 Å². The molecule has 0 radical (unpaired) electrons. The van der Waals surface area contributed by atoms with Crippen LogP contribution in [0.3, 0.4) is 0 Å². The summed E-state index contributed by atoms with van der Waals surface area (Å²) < 4.78 is 15.8. The highest BCUT2D eigenvalue weighted by atomic mass is 35.5. The number of rotatable bonds is 5. The van der Waals surface area contributed by atoms with E-state index in [-0.39, 0.29) is 30.2 Å². The predicted molar refractivity (Wildman–Crippen MR) is 111 cm³/mol. The van der Waals surface area contributed by atoms with Crippen LogP contribution in [0.1, 0.15) is 22.0 Å². The van der Waals surface area contributed by atoms with Gasteiger partial charge in [-0.3, -0.25) is 4.79 Å². The van der Waals surface area contributed by atoms with E-state index in [1.165, 1.54) is 14.2 Å². The second-order valence-electron chi connectivity index (χ2n) is 7.17. The number of ether oxygens (including phenoxy) is 3. The number of aromatic nitrogens is 1. The van der Waals surface area contributed by atoms with Crippen LogP contribution in [0.25, 0.3) is 0 Å². The number of halogens is 1. The van der Waals surface area contributed by atoms with Crippen molar-refractivity contribution in [3.63, 3.8) is 0 Å². The molecule has 2 fully saturated rings. The number of carbonyl (C=O) groups is 1. The third kappa shape index (κ3) is 3.84. The Labute approximate surface area is 176 Å². The van der Waals surface area contributed by atoms with Crippen molar-refractivity contribution in [2.75, 3.05) is 41.0 Å². The van der Waals surface area contributed by atoms with Crippen LogP contribution in [0.5, 0.6) is 17.5 Å². The second-order valence-corrected chi connectivity index (χ2v) is 7.17. The van der Waals surface area contributed by atoms with Crippen LogP contribution < -0.4 is 19.5 Å². The number of amides is 1. The average molecular weight is 420 g/mol. The molecule has 1 aromatic carbocycles. The number of hydrogen-bond acceptors (Lipinski definition) is 6. The van der Waals surface area contributed by atoms with E-state index in [0.717, 1.165) is 24.4 Å². The summed E-state index contributed by atoms with van der Waals surface area (Å²) in [4.78, 5) is 19.7. The summed E-state index contributed by atoms with van der Waals surface area (Å²) in [6, 6.07) is 11.4. The number of pyridine rings is 1. The largest absolute Gasteiger partial charge is 0.497 e. The lowest BCUT2D eigenvalue weighted by molar-refractivity contribution is 0.0709. The van der Waals surface area contributed by atoms with E-state index in [4.69, 9.17) is 14.2 Å². The molecular formula is C21H26ClN3O4. The second kappa shape index (κ2) is 8.88. The third-order valence-corrected chi connectivity index (χ3v) is 5.75. The fourth-order valence-corrected chi connectivity index (χ4v) is 4.37. The molecule has 0 spiro atoms. The molecule has 1 amide bonds. The molecule has 3 heterocycles. The smallest absolute Gasteiger partial charge is 0.259 e. The fraction of sp³-hybridized carbons (Fsp3) is 0.429. The molecule has 29 heavy (non-hydrogen) atoms. The van der Waals surface area contributed by atoms with Crippen LogP contribution >= 0.6 is 12.4 Å².